The maximum Gasteiger partial charge on any atom is 0.0270 e. The molecule has 1 aromatic rings. The zero-order chi connectivity index (χ0) is 9.97. The summed E-state index contributed by atoms with van der Waals surface area (Å²) in [5.74, 6) is 1.79. The van der Waals surface area contributed by atoms with Crippen LogP contribution in [0.25, 0.3) is 0 Å². The lowest BCUT2D eigenvalue weighted by Crippen LogP contribution is -2.30. The van der Waals surface area contributed by atoms with E-state index in [1.165, 1.54) is 12.0 Å². The molecule has 3 unspecified atom stereocenters. The number of hydrogen-bond donors (Lipinski definition) is 1. The van der Waals surface area contributed by atoms with Gasteiger partial charge < -0.3 is 5.32 Å². The zero-order valence-corrected chi connectivity index (χ0v) is 8.90. The molecule has 14 heavy (non-hydrogen) atoms. The first-order valence-electron chi connectivity index (χ1n) is 5.37. The summed E-state index contributed by atoms with van der Waals surface area (Å²) in [7, 11) is 2.07. The summed E-state index contributed by atoms with van der Waals surface area (Å²) in [6, 6.07) is 4.86. The van der Waals surface area contributed by atoms with Gasteiger partial charge in [-0.3, -0.25) is 4.98 Å². The molecule has 1 aromatic heterocycles. The number of nitrogens with one attached hydrogen (secondary N) is 1. The second kappa shape index (κ2) is 4.09. The van der Waals surface area contributed by atoms with Crippen LogP contribution in [0.1, 0.15) is 18.9 Å². The Bertz CT molecular complexity index is 284. The number of nitrogens with zero attached hydrogens (tertiary/aromatic N) is 1. The van der Waals surface area contributed by atoms with Crippen molar-refractivity contribution in [3.8, 4) is 0 Å². The van der Waals surface area contributed by atoms with Crippen molar-refractivity contribution in [2.75, 3.05) is 7.05 Å². The first-order chi connectivity index (χ1) is 6.81. The monoisotopic (exact) mass is 190 g/mol. The minimum absolute atomic E-state index is 0.646. The molecule has 0 radical (unpaired) electrons. The van der Waals surface area contributed by atoms with Crippen molar-refractivity contribution in [3.63, 3.8) is 0 Å². The molecular formula is C12H18N2. The Kier molecular flexibility index (Phi) is 2.82. The van der Waals surface area contributed by atoms with Crippen LogP contribution in [0.15, 0.2) is 24.5 Å². The van der Waals surface area contributed by atoms with Gasteiger partial charge in [-0.25, -0.2) is 0 Å². The van der Waals surface area contributed by atoms with E-state index in [2.05, 4.69) is 36.4 Å². The third-order valence-corrected chi connectivity index (χ3v) is 3.26. The summed E-state index contributed by atoms with van der Waals surface area (Å²) in [5, 5.41) is 3.42. The van der Waals surface area contributed by atoms with Crippen molar-refractivity contribution in [3.05, 3.63) is 30.1 Å². The van der Waals surface area contributed by atoms with Crippen molar-refractivity contribution in [1.29, 1.82) is 0 Å². The normalized spacial score (nSPS) is 27.3. The summed E-state index contributed by atoms with van der Waals surface area (Å²) >= 11 is 0. The average molecular weight is 190 g/mol. The van der Waals surface area contributed by atoms with Crippen LogP contribution in [0.2, 0.25) is 0 Å². The van der Waals surface area contributed by atoms with Crippen LogP contribution in [-0.2, 0) is 6.42 Å². The third-order valence-electron chi connectivity index (χ3n) is 3.26. The highest BCUT2D eigenvalue weighted by Gasteiger charge is 2.38. The standard InChI is InChI=1S/C12H18N2/c1-9-7-11(9)12(13-2)8-10-3-5-14-6-4-10/h3-6,9,11-13H,7-8H2,1-2H3. The van der Waals surface area contributed by atoms with Crippen LogP contribution < -0.4 is 5.32 Å². The van der Waals surface area contributed by atoms with Crippen molar-refractivity contribution in [2.24, 2.45) is 11.8 Å². The van der Waals surface area contributed by atoms with Gasteiger partial charge in [-0.05, 0) is 49.4 Å². The smallest absolute Gasteiger partial charge is 0.0270 e. The maximum absolute atomic E-state index is 4.03. The number of rotatable bonds is 4. The van der Waals surface area contributed by atoms with Gasteiger partial charge >= 0.3 is 0 Å². The van der Waals surface area contributed by atoms with Gasteiger partial charge in [-0.2, -0.15) is 0 Å². The minimum atomic E-state index is 0.646. The molecule has 2 rings (SSSR count). The molecule has 0 saturated heterocycles. The Hall–Kier alpha value is -0.890. The van der Waals surface area contributed by atoms with Gasteiger partial charge in [-0.1, -0.05) is 6.92 Å². The van der Waals surface area contributed by atoms with E-state index in [-0.39, 0.29) is 0 Å². The molecule has 0 bridgehead atoms. The van der Waals surface area contributed by atoms with Crippen molar-refractivity contribution < 1.29 is 0 Å². The molecule has 1 N–H and O–H groups in total. The highest BCUT2D eigenvalue weighted by molar-refractivity contribution is 5.13. The fraction of sp³-hybridized carbons (Fsp3) is 0.583. The van der Waals surface area contributed by atoms with Gasteiger partial charge in [0.2, 0.25) is 0 Å². The summed E-state index contributed by atoms with van der Waals surface area (Å²) in [6.45, 7) is 2.33. The number of hydrogen-bond acceptors (Lipinski definition) is 2. The molecule has 1 fully saturated rings. The summed E-state index contributed by atoms with van der Waals surface area (Å²) in [4.78, 5) is 4.03. The fourth-order valence-electron chi connectivity index (χ4n) is 2.15. The molecule has 2 heteroatoms. The predicted octanol–water partition coefficient (Wildman–Crippen LogP) is 1.87. The van der Waals surface area contributed by atoms with Crippen molar-refractivity contribution in [1.82, 2.24) is 10.3 Å². The second-order valence-corrected chi connectivity index (χ2v) is 4.33. The summed E-state index contributed by atoms with van der Waals surface area (Å²) in [5.41, 5.74) is 1.39. The van der Waals surface area contributed by atoms with Gasteiger partial charge in [0.25, 0.3) is 0 Å². The molecule has 1 saturated carbocycles. The van der Waals surface area contributed by atoms with Crippen LogP contribution >= 0.6 is 0 Å². The van der Waals surface area contributed by atoms with Gasteiger partial charge in [0.15, 0.2) is 0 Å². The van der Waals surface area contributed by atoms with Crippen LogP contribution in [0.3, 0.4) is 0 Å². The predicted molar refractivity (Wildman–Crippen MR) is 58.1 cm³/mol. The molecule has 2 nitrogen and oxygen atoms in total. The first kappa shape index (κ1) is 9.66. The topological polar surface area (TPSA) is 24.9 Å². The van der Waals surface area contributed by atoms with Crippen molar-refractivity contribution >= 4 is 0 Å². The Labute approximate surface area is 85.7 Å². The van der Waals surface area contributed by atoms with Crippen molar-refractivity contribution in [2.45, 2.75) is 25.8 Å². The van der Waals surface area contributed by atoms with E-state index in [0.717, 1.165) is 18.3 Å². The lowest BCUT2D eigenvalue weighted by atomic mass is 10.0. The molecule has 1 heterocycles. The van der Waals surface area contributed by atoms with E-state index in [1.54, 1.807) is 0 Å². The molecule has 0 spiro atoms. The number of aromatic nitrogens is 1. The second-order valence-electron chi connectivity index (χ2n) is 4.33. The van der Waals surface area contributed by atoms with Crippen LogP contribution in [-0.4, -0.2) is 18.1 Å². The van der Waals surface area contributed by atoms with Crippen LogP contribution in [0.4, 0.5) is 0 Å². The molecule has 0 amide bonds. The largest absolute Gasteiger partial charge is 0.316 e. The highest BCUT2D eigenvalue weighted by Crippen LogP contribution is 2.41. The lowest BCUT2D eigenvalue weighted by Gasteiger charge is -2.15. The number of likely N-dealkylation sites (N-methyl/N-ethyl adjacent to an activating group) is 1. The molecule has 1 aliphatic rings. The summed E-state index contributed by atoms with van der Waals surface area (Å²) in [6.07, 6.45) is 6.27. The van der Waals surface area contributed by atoms with Gasteiger partial charge in [-0.15, -0.1) is 0 Å². The zero-order valence-electron chi connectivity index (χ0n) is 8.90. The lowest BCUT2D eigenvalue weighted by molar-refractivity contribution is 0.479. The van der Waals surface area contributed by atoms with Gasteiger partial charge in [0.05, 0.1) is 0 Å². The van der Waals surface area contributed by atoms with E-state index in [4.69, 9.17) is 0 Å². The van der Waals surface area contributed by atoms with E-state index >= 15 is 0 Å². The van der Waals surface area contributed by atoms with E-state index in [0.29, 0.717) is 6.04 Å². The van der Waals surface area contributed by atoms with Gasteiger partial charge in [0.1, 0.15) is 0 Å². The molecule has 1 aliphatic carbocycles. The molecule has 76 valence electrons. The quantitative estimate of drug-likeness (QED) is 0.784. The van der Waals surface area contributed by atoms with E-state index < -0.39 is 0 Å². The molecule has 0 aliphatic heterocycles. The molecule has 3 atom stereocenters. The minimum Gasteiger partial charge on any atom is -0.316 e. The fourth-order valence-corrected chi connectivity index (χ4v) is 2.15. The molecular weight excluding hydrogens is 172 g/mol. The van der Waals surface area contributed by atoms with E-state index in [9.17, 15) is 0 Å². The highest BCUT2D eigenvalue weighted by atomic mass is 14.9. The Balaban J connectivity index is 1.95. The Morgan fingerprint density at radius 2 is 2.14 bits per heavy atom. The Morgan fingerprint density at radius 1 is 1.50 bits per heavy atom. The van der Waals surface area contributed by atoms with Gasteiger partial charge in [0, 0.05) is 18.4 Å². The summed E-state index contributed by atoms with van der Waals surface area (Å²) < 4.78 is 0. The molecule has 0 aromatic carbocycles. The number of pyridine rings is 1. The van der Waals surface area contributed by atoms with Crippen LogP contribution in [0, 0.1) is 11.8 Å². The maximum atomic E-state index is 4.03. The average Bonchev–Trinajstić information content (AvgIpc) is 2.93. The van der Waals surface area contributed by atoms with E-state index in [1.807, 2.05) is 12.4 Å². The third kappa shape index (κ3) is 2.13. The van der Waals surface area contributed by atoms with Crippen LogP contribution in [0.5, 0.6) is 0 Å². The Morgan fingerprint density at radius 3 is 2.64 bits per heavy atom. The first-order valence-corrected chi connectivity index (χ1v) is 5.37. The SMILES string of the molecule is CNC(Cc1ccncc1)C1CC1C.